The molecule has 0 saturated heterocycles. The van der Waals surface area contributed by atoms with Crippen LogP contribution in [0.4, 0.5) is 0 Å². The summed E-state index contributed by atoms with van der Waals surface area (Å²) in [5, 5.41) is 20.8. The van der Waals surface area contributed by atoms with Crippen LogP contribution in [0.5, 0.6) is 5.75 Å². The van der Waals surface area contributed by atoms with Crippen LogP contribution in [0.1, 0.15) is 35.3 Å². The zero-order chi connectivity index (χ0) is 20.1. The molecule has 1 saturated carbocycles. The molecule has 1 fully saturated rings. The van der Waals surface area contributed by atoms with Gasteiger partial charge in [-0.05, 0) is 42.9 Å². The van der Waals surface area contributed by atoms with Crippen LogP contribution in [0.25, 0.3) is 0 Å². The van der Waals surface area contributed by atoms with Crippen LogP contribution >= 0.6 is 23.1 Å². The molecule has 2 aromatic rings. The third-order valence-electron chi connectivity index (χ3n) is 5.09. The number of aromatic carboxylic acids is 1. The lowest BCUT2D eigenvalue weighted by Gasteiger charge is -2.20. The van der Waals surface area contributed by atoms with Gasteiger partial charge in [0.05, 0.1) is 13.2 Å². The van der Waals surface area contributed by atoms with Crippen molar-refractivity contribution in [3.8, 4) is 5.75 Å². The maximum Gasteiger partial charge on any atom is 0.355 e. The minimum Gasteiger partial charge on any atom is -0.497 e. The Kier molecular flexibility index (Phi) is 7.09. The van der Waals surface area contributed by atoms with Crippen LogP contribution in [-0.4, -0.2) is 45.9 Å². The monoisotopic (exact) mass is 421 g/mol. The maximum atomic E-state index is 12.4. The number of benzene rings is 1. The Morgan fingerprint density at radius 3 is 2.93 bits per heavy atom. The standard InChI is InChI=1S/C20H23NO5S2/c1-26-13-4-2-3-12(9-13)5-6-14-15(18(23)10-17(14)22)7-8-27-20-21-16(11-28-20)19(24)25/h2-4,9,11,14-15,18,23H,5-8,10H2,1H3,(H,24,25)/t14-,15-,18?/m1/s1. The van der Waals surface area contributed by atoms with Gasteiger partial charge in [-0.3, -0.25) is 4.79 Å². The minimum absolute atomic E-state index is 0.0553. The first-order valence-corrected chi connectivity index (χ1v) is 11.0. The molecule has 1 unspecified atom stereocenters. The van der Waals surface area contributed by atoms with Crippen molar-refractivity contribution in [3.63, 3.8) is 0 Å². The van der Waals surface area contributed by atoms with E-state index in [4.69, 9.17) is 9.84 Å². The van der Waals surface area contributed by atoms with Gasteiger partial charge in [0.15, 0.2) is 10.0 Å². The molecule has 0 spiro atoms. The highest BCUT2D eigenvalue weighted by atomic mass is 32.2. The van der Waals surface area contributed by atoms with E-state index in [0.29, 0.717) is 22.9 Å². The number of ketones is 1. The molecular weight excluding hydrogens is 398 g/mol. The fraction of sp³-hybridized carbons (Fsp3) is 0.450. The minimum atomic E-state index is -1.03. The average molecular weight is 422 g/mol. The molecule has 6 nitrogen and oxygen atoms in total. The van der Waals surface area contributed by atoms with E-state index in [1.807, 2.05) is 24.3 Å². The predicted molar refractivity (Wildman–Crippen MR) is 108 cm³/mol. The molecule has 1 aliphatic rings. The molecular formula is C20H23NO5S2. The number of aliphatic hydroxyl groups is 1. The topological polar surface area (TPSA) is 96.7 Å². The first-order chi connectivity index (χ1) is 13.5. The van der Waals surface area contributed by atoms with Crippen molar-refractivity contribution in [1.29, 1.82) is 0 Å². The van der Waals surface area contributed by atoms with Crippen LogP contribution in [0.2, 0.25) is 0 Å². The fourth-order valence-corrected chi connectivity index (χ4v) is 5.55. The number of Topliss-reactive ketones (excluding diaryl/α,β-unsaturated/α-hetero) is 1. The maximum absolute atomic E-state index is 12.4. The van der Waals surface area contributed by atoms with Crippen LogP contribution in [-0.2, 0) is 11.2 Å². The summed E-state index contributed by atoms with van der Waals surface area (Å²) in [6.45, 7) is 0. The van der Waals surface area contributed by atoms with Crippen LogP contribution in [0, 0.1) is 11.8 Å². The molecule has 3 rings (SSSR count). The molecule has 28 heavy (non-hydrogen) atoms. The van der Waals surface area contributed by atoms with Gasteiger partial charge in [-0.15, -0.1) is 11.3 Å². The highest BCUT2D eigenvalue weighted by molar-refractivity contribution is 8.01. The molecule has 3 atom stereocenters. The van der Waals surface area contributed by atoms with E-state index in [0.717, 1.165) is 17.7 Å². The molecule has 0 amide bonds. The van der Waals surface area contributed by atoms with Gasteiger partial charge in [-0.1, -0.05) is 23.9 Å². The summed E-state index contributed by atoms with van der Waals surface area (Å²) in [7, 11) is 1.63. The van der Waals surface area contributed by atoms with E-state index >= 15 is 0 Å². The SMILES string of the molecule is COc1cccc(CC[C@H]2C(=O)CC(O)[C@@H]2CCSc2nc(C(=O)O)cs2)c1. The Hall–Kier alpha value is -1.90. The number of carbonyl (C=O) groups excluding carboxylic acids is 1. The van der Waals surface area contributed by atoms with Gasteiger partial charge in [-0.2, -0.15) is 0 Å². The molecule has 1 aromatic heterocycles. The quantitative estimate of drug-likeness (QED) is 0.598. The van der Waals surface area contributed by atoms with Gasteiger partial charge in [0.1, 0.15) is 11.5 Å². The fourth-order valence-electron chi connectivity index (χ4n) is 3.64. The third kappa shape index (κ3) is 5.12. The number of thioether (sulfide) groups is 1. The van der Waals surface area contributed by atoms with Crippen molar-refractivity contribution in [3.05, 3.63) is 40.9 Å². The van der Waals surface area contributed by atoms with Crippen molar-refractivity contribution in [2.75, 3.05) is 12.9 Å². The van der Waals surface area contributed by atoms with Crippen molar-refractivity contribution < 1.29 is 24.5 Å². The van der Waals surface area contributed by atoms with Gasteiger partial charge >= 0.3 is 5.97 Å². The molecule has 0 aliphatic heterocycles. The number of methoxy groups -OCH3 is 1. The molecule has 2 N–H and O–H groups in total. The van der Waals surface area contributed by atoms with Crippen molar-refractivity contribution in [1.82, 2.24) is 4.98 Å². The van der Waals surface area contributed by atoms with Gasteiger partial charge in [0.25, 0.3) is 0 Å². The number of ether oxygens (including phenoxy) is 1. The molecule has 8 heteroatoms. The van der Waals surface area contributed by atoms with Crippen molar-refractivity contribution in [2.24, 2.45) is 11.8 Å². The molecule has 0 bridgehead atoms. The highest BCUT2D eigenvalue weighted by Gasteiger charge is 2.40. The number of hydrogen-bond donors (Lipinski definition) is 2. The van der Waals surface area contributed by atoms with Gasteiger partial charge in [0, 0.05) is 23.5 Å². The van der Waals surface area contributed by atoms with E-state index in [1.165, 1.54) is 28.5 Å². The Labute approximate surface area is 172 Å². The number of rotatable bonds is 9. The number of hydrogen-bond acceptors (Lipinski definition) is 7. The van der Waals surface area contributed by atoms with Crippen molar-refractivity contribution >= 4 is 34.9 Å². The summed E-state index contributed by atoms with van der Waals surface area (Å²) in [4.78, 5) is 27.3. The number of aryl methyl sites for hydroxylation is 1. The Morgan fingerprint density at radius 1 is 1.39 bits per heavy atom. The summed E-state index contributed by atoms with van der Waals surface area (Å²) < 4.78 is 5.94. The number of thiazole rings is 1. The summed E-state index contributed by atoms with van der Waals surface area (Å²) in [5.74, 6) is 0.381. The van der Waals surface area contributed by atoms with Crippen LogP contribution in [0.3, 0.4) is 0 Å². The largest absolute Gasteiger partial charge is 0.497 e. The lowest BCUT2D eigenvalue weighted by atomic mass is 9.87. The number of carboxylic acids is 1. The van der Waals surface area contributed by atoms with Crippen LogP contribution < -0.4 is 4.74 Å². The molecule has 1 aromatic carbocycles. The normalized spacial score (nSPS) is 21.8. The van der Waals surface area contributed by atoms with Gasteiger partial charge < -0.3 is 14.9 Å². The molecule has 1 aliphatic carbocycles. The third-order valence-corrected chi connectivity index (χ3v) is 7.15. The number of nitrogens with zero attached hydrogens (tertiary/aromatic N) is 1. The zero-order valence-corrected chi connectivity index (χ0v) is 17.2. The second-order valence-electron chi connectivity index (χ2n) is 6.84. The van der Waals surface area contributed by atoms with E-state index in [-0.39, 0.29) is 29.7 Å². The lowest BCUT2D eigenvalue weighted by molar-refractivity contribution is -0.121. The van der Waals surface area contributed by atoms with Crippen LogP contribution in [0.15, 0.2) is 34.0 Å². The van der Waals surface area contributed by atoms with E-state index < -0.39 is 12.1 Å². The van der Waals surface area contributed by atoms with E-state index in [1.54, 1.807) is 7.11 Å². The number of carboxylic acid groups (broad SMARTS) is 1. The summed E-state index contributed by atoms with van der Waals surface area (Å²) in [5.41, 5.74) is 1.17. The molecule has 1 heterocycles. The lowest BCUT2D eigenvalue weighted by Crippen LogP contribution is -2.22. The number of carbonyl (C=O) groups is 2. The number of aliphatic hydroxyl groups excluding tert-OH is 1. The average Bonchev–Trinajstić information content (AvgIpc) is 3.25. The predicted octanol–water partition coefficient (Wildman–Crippen LogP) is 3.53. The Balaban J connectivity index is 1.55. The molecule has 0 radical (unpaired) electrons. The first-order valence-electron chi connectivity index (χ1n) is 9.13. The highest BCUT2D eigenvalue weighted by Crippen LogP contribution is 2.37. The second-order valence-corrected chi connectivity index (χ2v) is 9.04. The van der Waals surface area contributed by atoms with Gasteiger partial charge in [0.2, 0.25) is 0 Å². The Morgan fingerprint density at radius 2 is 2.21 bits per heavy atom. The number of aromatic nitrogens is 1. The van der Waals surface area contributed by atoms with E-state index in [2.05, 4.69) is 4.98 Å². The smallest absolute Gasteiger partial charge is 0.355 e. The Bertz CT molecular complexity index is 838. The second kappa shape index (κ2) is 9.54. The summed E-state index contributed by atoms with van der Waals surface area (Å²) in [6, 6.07) is 7.82. The van der Waals surface area contributed by atoms with E-state index in [9.17, 15) is 14.7 Å². The summed E-state index contributed by atoms with van der Waals surface area (Å²) >= 11 is 2.78. The zero-order valence-electron chi connectivity index (χ0n) is 15.5. The van der Waals surface area contributed by atoms with Gasteiger partial charge in [-0.25, -0.2) is 9.78 Å². The summed E-state index contributed by atoms with van der Waals surface area (Å²) in [6.07, 6.45) is 1.78. The first kappa shape index (κ1) is 20.8. The van der Waals surface area contributed by atoms with Crippen molar-refractivity contribution in [2.45, 2.75) is 36.1 Å². The molecule has 150 valence electrons.